The van der Waals surface area contributed by atoms with Crippen molar-refractivity contribution in [3.63, 3.8) is 0 Å². The average molecular weight is 235 g/mol. The lowest BCUT2D eigenvalue weighted by Gasteiger charge is -2.16. The SMILES string of the molecule is CCCNC(C=C(C)C)c1c(C)oc(C)c1C. The Morgan fingerprint density at radius 1 is 1.24 bits per heavy atom. The van der Waals surface area contributed by atoms with Gasteiger partial charge in [0.05, 0.1) is 6.04 Å². The Hall–Kier alpha value is -1.02. The first-order valence-corrected chi connectivity index (χ1v) is 6.42. The molecule has 0 spiro atoms. The van der Waals surface area contributed by atoms with Crippen LogP contribution >= 0.6 is 0 Å². The lowest BCUT2D eigenvalue weighted by molar-refractivity contribution is 0.494. The van der Waals surface area contributed by atoms with Crippen LogP contribution in [0.15, 0.2) is 16.1 Å². The summed E-state index contributed by atoms with van der Waals surface area (Å²) in [6.45, 7) is 13.7. The van der Waals surface area contributed by atoms with Crippen LogP contribution in [0, 0.1) is 20.8 Å². The van der Waals surface area contributed by atoms with E-state index in [1.807, 2.05) is 6.92 Å². The Balaban J connectivity index is 3.07. The predicted octanol–water partition coefficient (Wildman–Crippen LogP) is 4.21. The van der Waals surface area contributed by atoms with Gasteiger partial charge in [0.25, 0.3) is 0 Å². The molecule has 1 heterocycles. The molecule has 2 nitrogen and oxygen atoms in total. The third-order valence-corrected chi connectivity index (χ3v) is 3.04. The number of hydrogen-bond acceptors (Lipinski definition) is 2. The zero-order valence-electron chi connectivity index (χ0n) is 12.0. The minimum Gasteiger partial charge on any atom is -0.466 e. The Bertz CT molecular complexity index is 397. The number of aryl methyl sites for hydroxylation is 2. The summed E-state index contributed by atoms with van der Waals surface area (Å²) < 4.78 is 5.72. The van der Waals surface area contributed by atoms with Crippen molar-refractivity contribution in [3.05, 3.63) is 34.3 Å². The van der Waals surface area contributed by atoms with Crippen LogP contribution in [0.1, 0.15) is 55.9 Å². The molecule has 0 bridgehead atoms. The van der Waals surface area contributed by atoms with Gasteiger partial charge < -0.3 is 9.73 Å². The first-order chi connectivity index (χ1) is 7.97. The van der Waals surface area contributed by atoms with Crippen LogP contribution in [0.2, 0.25) is 0 Å². The van der Waals surface area contributed by atoms with Crippen LogP contribution in [0.25, 0.3) is 0 Å². The van der Waals surface area contributed by atoms with E-state index in [4.69, 9.17) is 4.42 Å². The molecular formula is C15H25NO. The molecule has 0 aromatic carbocycles. The molecule has 17 heavy (non-hydrogen) atoms. The van der Waals surface area contributed by atoms with E-state index in [2.05, 4.69) is 46.0 Å². The van der Waals surface area contributed by atoms with E-state index >= 15 is 0 Å². The van der Waals surface area contributed by atoms with Gasteiger partial charge in [-0.3, -0.25) is 0 Å². The zero-order valence-corrected chi connectivity index (χ0v) is 12.0. The normalized spacial score (nSPS) is 12.6. The molecule has 1 rings (SSSR count). The molecule has 1 N–H and O–H groups in total. The van der Waals surface area contributed by atoms with Crippen molar-refractivity contribution in [2.75, 3.05) is 6.54 Å². The number of nitrogens with one attached hydrogen (secondary N) is 1. The summed E-state index contributed by atoms with van der Waals surface area (Å²) in [5, 5.41) is 3.58. The van der Waals surface area contributed by atoms with Gasteiger partial charge in [0, 0.05) is 5.56 Å². The topological polar surface area (TPSA) is 25.2 Å². The van der Waals surface area contributed by atoms with E-state index in [0.717, 1.165) is 24.5 Å². The van der Waals surface area contributed by atoms with Crippen molar-refractivity contribution < 1.29 is 4.42 Å². The highest BCUT2D eigenvalue weighted by atomic mass is 16.3. The molecule has 0 saturated heterocycles. The van der Waals surface area contributed by atoms with Gasteiger partial charge in [0.2, 0.25) is 0 Å². The van der Waals surface area contributed by atoms with E-state index in [-0.39, 0.29) is 6.04 Å². The Morgan fingerprint density at radius 2 is 1.88 bits per heavy atom. The maximum absolute atomic E-state index is 5.72. The summed E-state index contributed by atoms with van der Waals surface area (Å²) in [4.78, 5) is 0. The molecule has 0 saturated carbocycles. The van der Waals surface area contributed by atoms with E-state index < -0.39 is 0 Å². The smallest absolute Gasteiger partial charge is 0.106 e. The Kier molecular flexibility index (Phi) is 5.01. The van der Waals surface area contributed by atoms with Crippen molar-refractivity contribution >= 4 is 0 Å². The van der Waals surface area contributed by atoms with Gasteiger partial charge in [-0.2, -0.15) is 0 Å². The molecular weight excluding hydrogens is 210 g/mol. The molecule has 1 atom stereocenters. The quantitative estimate of drug-likeness (QED) is 0.773. The molecule has 0 aliphatic heterocycles. The average Bonchev–Trinajstić information content (AvgIpc) is 2.48. The maximum atomic E-state index is 5.72. The van der Waals surface area contributed by atoms with Crippen molar-refractivity contribution in [2.24, 2.45) is 0 Å². The fourth-order valence-electron chi connectivity index (χ4n) is 2.14. The van der Waals surface area contributed by atoms with Crippen molar-refractivity contribution in [1.29, 1.82) is 0 Å². The van der Waals surface area contributed by atoms with E-state index in [1.54, 1.807) is 0 Å². The van der Waals surface area contributed by atoms with Crippen LogP contribution in [0.4, 0.5) is 0 Å². The molecule has 0 fully saturated rings. The predicted molar refractivity (Wildman–Crippen MR) is 73.4 cm³/mol. The molecule has 0 aliphatic rings. The van der Waals surface area contributed by atoms with Gasteiger partial charge in [0.15, 0.2) is 0 Å². The second-order valence-electron chi connectivity index (χ2n) is 4.93. The lowest BCUT2D eigenvalue weighted by atomic mass is 10.00. The number of furan rings is 1. The summed E-state index contributed by atoms with van der Waals surface area (Å²) >= 11 is 0. The number of hydrogen-bond donors (Lipinski definition) is 1. The summed E-state index contributed by atoms with van der Waals surface area (Å²) in [6.07, 6.45) is 3.42. The molecule has 0 aliphatic carbocycles. The second-order valence-corrected chi connectivity index (χ2v) is 4.93. The van der Waals surface area contributed by atoms with Crippen LogP contribution in [-0.4, -0.2) is 6.54 Å². The van der Waals surface area contributed by atoms with Crippen LogP contribution in [0.3, 0.4) is 0 Å². The highest BCUT2D eigenvalue weighted by Crippen LogP contribution is 2.28. The summed E-state index contributed by atoms with van der Waals surface area (Å²) in [5.41, 5.74) is 3.90. The second kappa shape index (κ2) is 6.06. The number of allylic oxidation sites excluding steroid dienone is 1. The molecule has 0 radical (unpaired) electrons. The Labute approximate surface area is 105 Å². The van der Waals surface area contributed by atoms with Crippen molar-refractivity contribution in [3.8, 4) is 0 Å². The summed E-state index contributed by atoms with van der Waals surface area (Å²) in [5.74, 6) is 2.06. The lowest BCUT2D eigenvalue weighted by Crippen LogP contribution is -2.21. The van der Waals surface area contributed by atoms with E-state index in [9.17, 15) is 0 Å². The minimum absolute atomic E-state index is 0.275. The molecule has 1 aromatic heterocycles. The maximum Gasteiger partial charge on any atom is 0.106 e. The van der Waals surface area contributed by atoms with E-state index in [0.29, 0.717) is 0 Å². The molecule has 1 unspecified atom stereocenters. The van der Waals surface area contributed by atoms with Gasteiger partial charge in [-0.15, -0.1) is 0 Å². The van der Waals surface area contributed by atoms with Gasteiger partial charge in [0.1, 0.15) is 11.5 Å². The van der Waals surface area contributed by atoms with Crippen molar-refractivity contribution in [1.82, 2.24) is 5.32 Å². The van der Waals surface area contributed by atoms with Gasteiger partial charge in [-0.25, -0.2) is 0 Å². The van der Waals surface area contributed by atoms with Gasteiger partial charge in [-0.1, -0.05) is 18.6 Å². The van der Waals surface area contributed by atoms with Crippen LogP contribution in [0.5, 0.6) is 0 Å². The largest absolute Gasteiger partial charge is 0.466 e. The highest BCUT2D eigenvalue weighted by molar-refractivity contribution is 5.37. The summed E-state index contributed by atoms with van der Waals surface area (Å²) in [7, 11) is 0. The first kappa shape index (κ1) is 14.0. The fraction of sp³-hybridized carbons (Fsp3) is 0.600. The molecule has 1 aromatic rings. The first-order valence-electron chi connectivity index (χ1n) is 6.42. The van der Waals surface area contributed by atoms with Crippen LogP contribution < -0.4 is 5.32 Å². The molecule has 96 valence electrons. The monoisotopic (exact) mass is 235 g/mol. The Morgan fingerprint density at radius 3 is 2.29 bits per heavy atom. The van der Waals surface area contributed by atoms with Gasteiger partial charge in [-0.05, 0) is 53.1 Å². The molecule has 0 amide bonds. The van der Waals surface area contributed by atoms with Gasteiger partial charge >= 0.3 is 0 Å². The third kappa shape index (κ3) is 3.47. The fourth-order valence-corrected chi connectivity index (χ4v) is 2.14. The van der Waals surface area contributed by atoms with E-state index in [1.165, 1.54) is 16.7 Å². The zero-order chi connectivity index (χ0) is 13.0. The minimum atomic E-state index is 0.275. The van der Waals surface area contributed by atoms with Crippen LogP contribution in [-0.2, 0) is 0 Å². The standard InChI is InChI=1S/C15H25NO/c1-7-8-16-14(9-10(2)3)15-11(4)12(5)17-13(15)6/h9,14,16H,7-8H2,1-6H3. The third-order valence-electron chi connectivity index (χ3n) is 3.04. The number of rotatable bonds is 5. The highest BCUT2D eigenvalue weighted by Gasteiger charge is 2.18. The van der Waals surface area contributed by atoms with Crippen molar-refractivity contribution in [2.45, 2.75) is 54.0 Å². The molecule has 2 heteroatoms. The summed E-state index contributed by atoms with van der Waals surface area (Å²) in [6, 6.07) is 0.275.